The van der Waals surface area contributed by atoms with Crippen LogP contribution in [0.4, 0.5) is 19.1 Å². The standard InChI is InChI=1S/C14H13F3N4O/c1-7-4-5-21-10(6-7)18-14(20-21)19-13(22)8-2-3-9(15)12(17)11(8)16/h2-3,7H,4-6H2,1H3,(H,19,20,22). The minimum Gasteiger partial charge on any atom is -0.289 e. The predicted octanol–water partition coefficient (Wildman–Crippen LogP) is 2.53. The maximum Gasteiger partial charge on any atom is 0.261 e. The second-order valence-corrected chi connectivity index (χ2v) is 5.35. The fraction of sp³-hybridized carbons (Fsp3) is 0.357. The monoisotopic (exact) mass is 310 g/mol. The minimum atomic E-state index is -1.68. The molecule has 2 aromatic rings. The summed E-state index contributed by atoms with van der Waals surface area (Å²) in [6.07, 6.45) is 1.70. The highest BCUT2D eigenvalue weighted by Crippen LogP contribution is 2.20. The van der Waals surface area contributed by atoms with Crippen LogP contribution in [0.1, 0.15) is 29.5 Å². The fourth-order valence-corrected chi connectivity index (χ4v) is 2.38. The van der Waals surface area contributed by atoms with E-state index in [1.54, 1.807) is 4.68 Å². The van der Waals surface area contributed by atoms with Crippen molar-refractivity contribution in [2.45, 2.75) is 26.3 Å². The average Bonchev–Trinajstić information content (AvgIpc) is 2.86. The van der Waals surface area contributed by atoms with Gasteiger partial charge in [0, 0.05) is 13.0 Å². The normalized spacial score (nSPS) is 17.2. The molecule has 3 rings (SSSR count). The molecule has 1 amide bonds. The summed E-state index contributed by atoms with van der Waals surface area (Å²) in [7, 11) is 0. The van der Waals surface area contributed by atoms with Gasteiger partial charge in [-0.25, -0.2) is 17.9 Å². The van der Waals surface area contributed by atoms with E-state index in [1.807, 2.05) is 0 Å². The second kappa shape index (κ2) is 5.43. The summed E-state index contributed by atoms with van der Waals surface area (Å²) in [5, 5.41) is 6.41. The van der Waals surface area contributed by atoms with Crippen LogP contribution in [0.3, 0.4) is 0 Å². The number of fused-ring (bicyclic) bond motifs is 1. The first-order chi connectivity index (χ1) is 10.5. The van der Waals surface area contributed by atoms with E-state index in [2.05, 4.69) is 22.3 Å². The van der Waals surface area contributed by atoms with Gasteiger partial charge in [0.25, 0.3) is 5.91 Å². The summed E-state index contributed by atoms with van der Waals surface area (Å²) >= 11 is 0. The van der Waals surface area contributed by atoms with Gasteiger partial charge in [-0.3, -0.25) is 10.1 Å². The summed E-state index contributed by atoms with van der Waals surface area (Å²) in [6.45, 7) is 2.78. The quantitative estimate of drug-likeness (QED) is 0.867. The Morgan fingerprint density at radius 2 is 2.09 bits per heavy atom. The zero-order chi connectivity index (χ0) is 15.9. The molecule has 1 N–H and O–H groups in total. The van der Waals surface area contributed by atoms with Crippen LogP contribution in [0.2, 0.25) is 0 Å². The number of aromatic nitrogens is 3. The largest absolute Gasteiger partial charge is 0.289 e. The average molecular weight is 310 g/mol. The van der Waals surface area contributed by atoms with E-state index in [0.29, 0.717) is 18.5 Å². The number of halogens is 3. The lowest BCUT2D eigenvalue weighted by atomic mass is 10.0. The van der Waals surface area contributed by atoms with Crippen LogP contribution in [0, 0.1) is 23.4 Å². The first kappa shape index (κ1) is 14.6. The maximum absolute atomic E-state index is 13.6. The number of carbonyl (C=O) groups excluding carboxylic acids is 1. The number of hydrogen-bond donors (Lipinski definition) is 1. The summed E-state index contributed by atoms with van der Waals surface area (Å²) in [4.78, 5) is 16.1. The third kappa shape index (κ3) is 2.56. The van der Waals surface area contributed by atoms with Crippen LogP contribution in [0.15, 0.2) is 12.1 Å². The number of carbonyl (C=O) groups is 1. The van der Waals surface area contributed by atoms with E-state index in [1.165, 1.54) is 0 Å². The highest BCUT2D eigenvalue weighted by molar-refractivity contribution is 6.03. The van der Waals surface area contributed by atoms with Crippen molar-refractivity contribution in [2.24, 2.45) is 5.92 Å². The molecule has 1 aliphatic rings. The SMILES string of the molecule is CC1CCn2nc(NC(=O)c3ccc(F)c(F)c3F)nc2C1. The van der Waals surface area contributed by atoms with Crippen molar-refractivity contribution in [1.29, 1.82) is 0 Å². The molecule has 8 heteroatoms. The van der Waals surface area contributed by atoms with Crippen LogP contribution in [-0.4, -0.2) is 20.7 Å². The van der Waals surface area contributed by atoms with Crippen molar-refractivity contribution in [3.05, 3.63) is 41.0 Å². The van der Waals surface area contributed by atoms with E-state index >= 15 is 0 Å². The molecule has 0 spiro atoms. The van der Waals surface area contributed by atoms with Gasteiger partial charge in [0.15, 0.2) is 17.5 Å². The number of aryl methyl sites for hydroxylation is 1. The molecule has 1 aliphatic heterocycles. The van der Waals surface area contributed by atoms with Crippen LogP contribution >= 0.6 is 0 Å². The first-order valence-corrected chi connectivity index (χ1v) is 6.84. The Hall–Kier alpha value is -2.38. The van der Waals surface area contributed by atoms with Crippen molar-refractivity contribution in [3.63, 3.8) is 0 Å². The molecule has 0 fully saturated rings. The Balaban J connectivity index is 1.82. The van der Waals surface area contributed by atoms with Crippen LogP contribution in [0.25, 0.3) is 0 Å². The van der Waals surface area contributed by atoms with E-state index in [0.717, 1.165) is 24.7 Å². The highest BCUT2D eigenvalue weighted by Gasteiger charge is 2.22. The highest BCUT2D eigenvalue weighted by atomic mass is 19.2. The Labute approximate surface area is 124 Å². The van der Waals surface area contributed by atoms with Gasteiger partial charge < -0.3 is 0 Å². The molecule has 5 nitrogen and oxygen atoms in total. The summed E-state index contributed by atoms with van der Waals surface area (Å²) < 4.78 is 41.3. The number of nitrogens with one attached hydrogen (secondary N) is 1. The van der Waals surface area contributed by atoms with Crippen LogP contribution < -0.4 is 5.32 Å². The van der Waals surface area contributed by atoms with Gasteiger partial charge in [0.1, 0.15) is 5.82 Å². The van der Waals surface area contributed by atoms with E-state index in [4.69, 9.17) is 0 Å². The lowest BCUT2D eigenvalue weighted by Gasteiger charge is -2.17. The van der Waals surface area contributed by atoms with Gasteiger partial charge in [0.05, 0.1) is 5.56 Å². The van der Waals surface area contributed by atoms with Gasteiger partial charge in [-0.1, -0.05) is 6.92 Å². The molecule has 1 aromatic heterocycles. The zero-order valence-electron chi connectivity index (χ0n) is 11.7. The second-order valence-electron chi connectivity index (χ2n) is 5.35. The molecule has 2 heterocycles. The molecule has 116 valence electrons. The van der Waals surface area contributed by atoms with Gasteiger partial charge in [0.2, 0.25) is 5.95 Å². The third-order valence-electron chi connectivity index (χ3n) is 3.62. The Kier molecular flexibility index (Phi) is 3.59. The summed E-state index contributed by atoms with van der Waals surface area (Å²) in [6, 6.07) is 1.57. The fourth-order valence-electron chi connectivity index (χ4n) is 2.38. The van der Waals surface area contributed by atoms with Crippen molar-refractivity contribution in [3.8, 4) is 0 Å². The van der Waals surface area contributed by atoms with Crippen molar-refractivity contribution < 1.29 is 18.0 Å². The van der Waals surface area contributed by atoms with Crippen molar-refractivity contribution in [2.75, 3.05) is 5.32 Å². The number of benzene rings is 1. The lowest BCUT2D eigenvalue weighted by Crippen LogP contribution is -2.18. The molecular formula is C14H13F3N4O. The van der Waals surface area contributed by atoms with Gasteiger partial charge in [-0.15, -0.1) is 5.10 Å². The third-order valence-corrected chi connectivity index (χ3v) is 3.62. The first-order valence-electron chi connectivity index (χ1n) is 6.84. The van der Waals surface area contributed by atoms with E-state index < -0.39 is 28.9 Å². The Morgan fingerprint density at radius 3 is 2.86 bits per heavy atom. The van der Waals surface area contributed by atoms with Gasteiger partial charge >= 0.3 is 0 Å². The molecule has 0 bridgehead atoms. The van der Waals surface area contributed by atoms with Gasteiger partial charge in [-0.05, 0) is 24.5 Å². The van der Waals surface area contributed by atoms with Crippen LogP contribution in [-0.2, 0) is 13.0 Å². The molecule has 0 radical (unpaired) electrons. The van der Waals surface area contributed by atoms with Crippen LogP contribution in [0.5, 0.6) is 0 Å². The van der Waals surface area contributed by atoms with Gasteiger partial charge in [-0.2, -0.15) is 4.98 Å². The maximum atomic E-state index is 13.6. The minimum absolute atomic E-state index is 0.0261. The smallest absolute Gasteiger partial charge is 0.261 e. The molecule has 1 unspecified atom stereocenters. The number of hydrogen-bond acceptors (Lipinski definition) is 3. The molecule has 22 heavy (non-hydrogen) atoms. The lowest BCUT2D eigenvalue weighted by molar-refractivity contribution is 0.102. The molecule has 1 atom stereocenters. The molecule has 1 aromatic carbocycles. The molecule has 0 saturated carbocycles. The summed E-state index contributed by atoms with van der Waals surface area (Å²) in [5.41, 5.74) is -0.597. The Bertz CT molecular complexity index is 744. The number of rotatable bonds is 2. The van der Waals surface area contributed by atoms with E-state index in [-0.39, 0.29) is 5.95 Å². The van der Waals surface area contributed by atoms with Crippen molar-refractivity contribution >= 4 is 11.9 Å². The predicted molar refractivity (Wildman–Crippen MR) is 71.8 cm³/mol. The number of nitrogens with zero attached hydrogens (tertiary/aromatic N) is 3. The molecular weight excluding hydrogens is 297 g/mol. The molecule has 0 saturated heterocycles. The zero-order valence-corrected chi connectivity index (χ0v) is 11.7. The topological polar surface area (TPSA) is 59.8 Å². The number of amides is 1. The molecule has 0 aliphatic carbocycles. The number of anilines is 1. The van der Waals surface area contributed by atoms with Crippen molar-refractivity contribution in [1.82, 2.24) is 14.8 Å². The van der Waals surface area contributed by atoms with E-state index in [9.17, 15) is 18.0 Å². The Morgan fingerprint density at radius 1 is 1.32 bits per heavy atom. The summed E-state index contributed by atoms with van der Waals surface area (Å²) in [5.74, 6) is -4.25.